The fraction of sp³-hybridized carbons (Fsp3) is 0.786. The third-order valence-corrected chi connectivity index (χ3v) is 9.22. The third-order valence-electron chi connectivity index (χ3n) is 9.22. The maximum atomic E-state index is 13.9. The molecule has 10 heteroatoms. The van der Waals surface area contributed by atoms with Crippen molar-refractivity contribution in [3.8, 4) is 0 Å². The van der Waals surface area contributed by atoms with Crippen molar-refractivity contribution in [1.29, 1.82) is 0 Å². The highest BCUT2D eigenvalue weighted by molar-refractivity contribution is 6.03. The lowest BCUT2D eigenvalue weighted by molar-refractivity contribution is -0.299. The van der Waals surface area contributed by atoms with Crippen molar-refractivity contribution in [1.82, 2.24) is 0 Å². The summed E-state index contributed by atoms with van der Waals surface area (Å²) in [5, 5.41) is 51.3. The first kappa shape index (κ1) is 29.3. The molecule has 0 aromatic carbocycles. The van der Waals surface area contributed by atoms with E-state index < -0.39 is 60.9 Å². The molecule has 2 saturated carbocycles. The highest BCUT2D eigenvalue weighted by Gasteiger charge is 2.60. The fourth-order valence-corrected chi connectivity index (χ4v) is 6.80. The number of ketones is 1. The maximum absolute atomic E-state index is 13.9. The number of ether oxygens (including phenoxy) is 3. The molecule has 4 aliphatic rings. The van der Waals surface area contributed by atoms with E-state index in [0.29, 0.717) is 17.9 Å². The van der Waals surface area contributed by atoms with Gasteiger partial charge in [0.25, 0.3) is 0 Å². The van der Waals surface area contributed by atoms with Crippen LogP contribution in [0.15, 0.2) is 23.3 Å². The Hall–Kier alpha value is -1.66. The molecule has 0 spiro atoms. The summed E-state index contributed by atoms with van der Waals surface area (Å²) in [5.41, 5.74) is -0.322. The molecule has 1 aliphatic heterocycles. The van der Waals surface area contributed by atoms with Crippen LogP contribution in [0.5, 0.6) is 0 Å². The van der Waals surface area contributed by atoms with Gasteiger partial charge in [0.15, 0.2) is 11.9 Å². The van der Waals surface area contributed by atoms with Crippen molar-refractivity contribution in [2.75, 3.05) is 13.2 Å². The molecule has 5 N–H and O–H groups in total. The second-order valence-corrected chi connectivity index (χ2v) is 12.2. The standard InChI is InChI=1S/C28H42O10/c1-13-8-18-17(27(18,4)5)7-6-16(12-36-26-24(34)23(33)22(32)20(11-29)37-26)9-19-21(31)14(2)10-28(19,25(13)35)38-15(3)30/h8-9,14,17-24,26,29,31-34H,6-7,10-12H2,1-5H3. The van der Waals surface area contributed by atoms with Gasteiger partial charge in [0.1, 0.15) is 24.4 Å². The molecule has 3 fully saturated rings. The summed E-state index contributed by atoms with van der Waals surface area (Å²) in [7, 11) is 0. The van der Waals surface area contributed by atoms with Crippen LogP contribution in [0.25, 0.3) is 0 Å². The van der Waals surface area contributed by atoms with Crippen LogP contribution in [0.3, 0.4) is 0 Å². The Morgan fingerprint density at radius 2 is 1.76 bits per heavy atom. The lowest BCUT2D eigenvalue weighted by Gasteiger charge is -2.39. The summed E-state index contributed by atoms with van der Waals surface area (Å²) in [6.07, 6.45) is -2.69. The van der Waals surface area contributed by atoms with Gasteiger partial charge >= 0.3 is 5.97 Å². The van der Waals surface area contributed by atoms with Crippen molar-refractivity contribution in [3.05, 3.63) is 23.3 Å². The van der Waals surface area contributed by atoms with Crippen LogP contribution in [0, 0.1) is 29.1 Å². The monoisotopic (exact) mass is 538 g/mol. The summed E-state index contributed by atoms with van der Waals surface area (Å²) in [6.45, 7) is 8.50. The molecule has 1 heterocycles. The molecule has 214 valence electrons. The molecule has 0 radical (unpaired) electrons. The van der Waals surface area contributed by atoms with Gasteiger partial charge in [0.2, 0.25) is 5.78 Å². The van der Waals surface area contributed by atoms with Crippen molar-refractivity contribution in [2.24, 2.45) is 29.1 Å². The molecular formula is C28H42O10. The smallest absolute Gasteiger partial charge is 0.303 e. The fourth-order valence-electron chi connectivity index (χ4n) is 6.80. The van der Waals surface area contributed by atoms with Crippen molar-refractivity contribution in [3.63, 3.8) is 0 Å². The number of esters is 1. The van der Waals surface area contributed by atoms with Crippen LogP contribution in [-0.2, 0) is 23.8 Å². The van der Waals surface area contributed by atoms with E-state index in [0.717, 1.165) is 12.0 Å². The first-order valence-electron chi connectivity index (χ1n) is 13.5. The van der Waals surface area contributed by atoms with Crippen LogP contribution < -0.4 is 0 Å². The first-order valence-corrected chi connectivity index (χ1v) is 13.5. The number of carbonyl (C=O) groups is 2. The molecule has 0 aromatic heterocycles. The van der Waals surface area contributed by atoms with Gasteiger partial charge in [-0.05, 0) is 54.1 Å². The zero-order valence-corrected chi connectivity index (χ0v) is 22.7. The quantitative estimate of drug-likeness (QED) is 0.248. The number of Topliss-reactive ketones (excluding diaryl/α,β-unsaturated/α-hetero) is 1. The minimum atomic E-state index is -1.57. The summed E-state index contributed by atoms with van der Waals surface area (Å²) < 4.78 is 17.1. The van der Waals surface area contributed by atoms with Gasteiger partial charge in [-0.2, -0.15) is 0 Å². The second-order valence-electron chi connectivity index (χ2n) is 12.2. The largest absolute Gasteiger partial charge is 0.450 e. The number of fused-ring (bicyclic) bond motifs is 2. The number of rotatable bonds is 5. The van der Waals surface area contributed by atoms with Gasteiger partial charge in [0.05, 0.1) is 25.2 Å². The molecule has 0 amide bonds. The van der Waals surface area contributed by atoms with Crippen molar-refractivity contribution < 1.29 is 49.3 Å². The Labute approximate surface area is 223 Å². The van der Waals surface area contributed by atoms with Crippen LogP contribution in [-0.4, -0.2) is 92.9 Å². The number of hydrogen-bond acceptors (Lipinski definition) is 10. The molecule has 3 aliphatic carbocycles. The van der Waals surface area contributed by atoms with Crippen LogP contribution in [0.4, 0.5) is 0 Å². The van der Waals surface area contributed by atoms with Crippen molar-refractivity contribution in [2.45, 2.75) is 96.3 Å². The number of allylic oxidation sites excluding steroid dienone is 1. The van der Waals surface area contributed by atoms with E-state index in [1.165, 1.54) is 6.92 Å². The van der Waals surface area contributed by atoms with Crippen LogP contribution in [0.1, 0.15) is 53.9 Å². The van der Waals surface area contributed by atoms with E-state index in [-0.39, 0.29) is 36.1 Å². The number of hydrogen-bond donors (Lipinski definition) is 5. The molecule has 11 atom stereocenters. The van der Waals surface area contributed by atoms with Crippen molar-refractivity contribution >= 4 is 11.8 Å². The molecule has 1 saturated heterocycles. The number of aliphatic hydroxyl groups excluding tert-OH is 5. The molecular weight excluding hydrogens is 496 g/mol. The Bertz CT molecular complexity index is 986. The molecule has 10 nitrogen and oxygen atoms in total. The highest BCUT2D eigenvalue weighted by atomic mass is 16.7. The number of aliphatic hydroxyl groups is 5. The van der Waals surface area contributed by atoms with E-state index in [2.05, 4.69) is 13.8 Å². The zero-order chi connectivity index (χ0) is 28.2. The topological polar surface area (TPSA) is 163 Å². The average molecular weight is 539 g/mol. The van der Waals surface area contributed by atoms with E-state index in [1.54, 1.807) is 13.0 Å². The predicted molar refractivity (Wildman–Crippen MR) is 134 cm³/mol. The lowest BCUT2D eigenvalue weighted by Crippen LogP contribution is -2.59. The van der Waals surface area contributed by atoms with Gasteiger partial charge in [-0.25, -0.2) is 0 Å². The minimum Gasteiger partial charge on any atom is -0.450 e. The van der Waals surface area contributed by atoms with E-state index in [1.807, 2.05) is 13.0 Å². The van der Waals surface area contributed by atoms with Gasteiger partial charge in [-0.1, -0.05) is 32.9 Å². The van der Waals surface area contributed by atoms with E-state index in [4.69, 9.17) is 14.2 Å². The Balaban J connectivity index is 1.68. The summed E-state index contributed by atoms with van der Waals surface area (Å²) >= 11 is 0. The zero-order valence-electron chi connectivity index (χ0n) is 22.7. The van der Waals surface area contributed by atoms with E-state index >= 15 is 0 Å². The predicted octanol–water partition coefficient (Wildman–Crippen LogP) is 0.629. The molecule has 0 aromatic rings. The normalized spacial score (nSPS) is 44.7. The van der Waals surface area contributed by atoms with Gasteiger partial charge < -0.3 is 39.7 Å². The van der Waals surface area contributed by atoms with Gasteiger partial charge in [0, 0.05) is 13.3 Å². The highest BCUT2D eigenvalue weighted by Crippen LogP contribution is 2.62. The minimum absolute atomic E-state index is 0.0134. The second kappa shape index (κ2) is 10.7. The van der Waals surface area contributed by atoms with Crippen LogP contribution in [0.2, 0.25) is 0 Å². The first-order chi connectivity index (χ1) is 17.7. The molecule has 4 rings (SSSR count). The summed E-state index contributed by atoms with van der Waals surface area (Å²) in [6, 6.07) is 0. The van der Waals surface area contributed by atoms with Crippen LogP contribution >= 0.6 is 0 Å². The third kappa shape index (κ3) is 5.12. The Morgan fingerprint density at radius 1 is 1.08 bits per heavy atom. The SMILES string of the molecule is CC(=O)OC12CC(C)C(O)C1C=C(COC1OC(CO)C(O)C(O)C1O)CCC1C(C=C(C)C2=O)C1(C)C. The molecule has 38 heavy (non-hydrogen) atoms. The maximum Gasteiger partial charge on any atom is 0.303 e. The van der Waals surface area contributed by atoms with Gasteiger partial charge in [-0.15, -0.1) is 0 Å². The molecule has 11 unspecified atom stereocenters. The van der Waals surface area contributed by atoms with E-state index in [9.17, 15) is 35.1 Å². The summed E-state index contributed by atoms with van der Waals surface area (Å²) in [4.78, 5) is 26.2. The number of carbonyl (C=O) groups excluding carboxylic acids is 2. The Kier molecular flexibility index (Phi) is 8.28. The lowest BCUT2D eigenvalue weighted by atomic mass is 9.81. The van der Waals surface area contributed by atoms with Gasteiger partial charge in [-0.3, -0.25) is 9.59 Å². The Morgan fingerprint density at radius 3 is 2.39 bits per heavy atom. The molecule has 0 bridgehead atoms. The average Bonchev–Trinajstić information content (AvgIpc) is 3.28. The summed E-state index contributed by atoms with van der Waals surface area (Å²) in [5.74, 6) is -1.55.